The van der Waals surface area contributed by atoms with Crippen molar-refractivity contribution in [3.05, 3.63) is 35.9 Å². The van der Waals surface area contributed by atoms with Crippen molar-refractivity contribution in [1.29, 1.82) is 0 Å². The summed E-state index contributed by atoms with van der Waals surface area (Å²) in [5.41, 5.74) is 2.62. The Morgan fingerprint density at radius 2 is 1.33 bits per heavy atom. The van der Waals surface area contributed by atoms with Crippen LogP contribution in [0.4, 0.5) is 23.5 Å². The van der Waals surface area contributed by atoms with Gasteiger partial charge in [-0.25, -0.2) is 5.84 Å². The Morgan fingerprint density at radius 3 is 1.67 bits per heavy atom. The molecule has 1 amide bonds. The number of amides is 1. The zero-order chi connectivity index (χ0) is 7.40. The predicted molar refractivity (Wildman–Crippen MR) is 50.6 cm³/mol. The smallest absolute Gasteiger partial charge is 0.265 e. The van der Waals surface area contributed by atoms with Crippen LogP contribution in [0.1, 0.15) is 10.4 Å². The fourth-order valence-electron chi connectivity index (χ4n) is 0.673. The third-order valence-electron chi connectivity index (χ3n) is 1.17. The van der Waals surface area contributed by atoms with E-state index < -0.39 is 0 Å². The van der Waals surface area contributed by atoms with Crippen LogP contribution in [-0.2, 0) is 0 Å². The zero-order valence-corrected chi connectivity index (χ0v) is 7.41. The number of hydrazine groups is 1. The van der Waals surface area contributed by atoms with Gasteiger partial charge in [0.2, 0.25) is 0 Å². The average molecular weight is 236 g/mol. The minimum Gasteiger partial charge on any atom is -0.290 e. The molecule has 0 heterocycles. The molecular formula is C7H13F5N2O. The summed E-state index contributed by atoms with van der Waals surface area (Å²) in [6, 6.07) is 8.80. The molecule has 1 rings (SSSR count). The number of halogens is 5. The van der Waals surface area contributed by atoms with E-state index in [9.17, 15) is 4.79 Å². The van der Waals surface area contributed by atoms with Crippen LogP contribution < -0.4 is 11.3 Å². The van der Waals surface area contributed by atoms with Crippen molar-refractivity contribution in [3.8, 4) is 0 Å². The van der Waals surface area contributed by atoms with Gasteiger partial charge in [-0.3, -0.25) is 33.7 Å². The maximum atomic E-state index is 10.8. The highest BCUT2D eigenvalue weighted by atomic mass is 19.0. The van der Waals surface area contributed by atoms with Gasteiger partial charge in [-0.15, -0.1) is 0 Å². The molecule has 0 radical (unpaired) electrons. The van der Waals surface area contributed by atoms with Crippen molar-refractivity contribution in [1.82, 2.24) is 5.43 Å². The van der Waals surface area contributed by atoms with Crippen molar-refractivity contribution >= 4 is 5.91 Å². The van der Waals surface area contributed by atoms with E-state index in [4.69, 9.17) is 5.84 Å². The second-order valence-corrected chi connectivity index (χ2v) is 1.84. The number of nitrogen functional groups attached to an aromatic ring is 1. The molecule has 1 aromatic rings. The number of benzene rings is 1. The van der Waals surface area contributed by atoms with Gasteiger partial charge >= 0.3 is 0 Å². The Morgan fingerprint density at radius 1 is 0.933 bits per heavy atom. The summed E-state index contributed by atoms with van der Waals surface area (Å²) >= 11 is 0. The Hall–Kier alpha value is -1.70. The molecule has 3 N–H and O–H groups in total. The summed E-state index contributed by atoms with van der Waals surface area (Å²) in [4.78, 5) is 10.8. The van der Waals surface area contributed by atoms with Crippen LogP contribution in [-0.4, -0.2) is 5.91 Å². The topological polar surface area (TPSA) is 55.1 Å². The summed E-state index contributed by atoms with van der Waals surface area (Å²) in [6.07, 6.45) is 0. The number of nitrogens with two attached hydrogens (primary N) is 1. The molecule has 8 heteroatoms. The highest BCUT2D eigenvalue weighted by molar-refractivity contribution is 5.93. The molecule has 0 spiro atoms. The molecule has 0 unspecified atom stereocenters. The van der Waals surface area contributed by atoms with Crippen molar-refractivity contribution in [2.75, 3.05) is 0 Å². The summed E-state index contributed by atoms with van der Waals surface area (Å²) < 4.78 is 0. The van der Waals surface area contributed by atoms with E-state index in [1.807, 2.05) is 11.5 Å². The normalized spacial score (nSPS) is 5.93. The van der Waals surface area contributed by atoms with Crippen molar-refractivity contribution in [2.45, 2.75) is 0 Å². The Bertz CT molecular complexity index is 234. The first kappa shape index (κ1) is 29.2. The summed E-state index contributed by atoms with van der Waals surface area (Å²) in [5, 5.41) is 0. The number of nitrogens with one attached hydrogen (secondary N) is 1. The van der Waals surface area contributed by atoms with Crippen molar-refractivity contribution < 1.29 is 28.3 Å². The molecule has 15 heavy (non-hydrogen) atoms. The Kier molecular flexibility index (Phi) is 28.8. The van der Waals surface area contributed by atoms with Gasteiger partial charge in [-0.2, -0.15) is 0 Å². The molecule has 92 valence electrons. The fourth-order valence-corrected chi connectivity index (χ4v) is 0.673. The lowest BCUT2D eigenvalue weighted by Gasteiger charge is -1.95. The van der Waals surface area contributed by atoms with Crippen LogP contribution in [0.5, 0.6) is 0 Å². The molecule has 0 aliphatic rings. The van der Waals surface area contributed by atoms with Crippen LogP contribution in [0, 0.1) is 0 Å². The number of carbonyl (C=O) groups is 1. The largest absolute Gasteiger partial charge is 0.290 e. The molecule has 0 aromatic heterocycles. The highest BCUT2D eigenvalue weighted by Gasteiger charge is 1.98. The van der Waals surface area contributed by atoms with E-state index >= 15 is 0 Å². The Balaban J connectivity index is -0.0000000667. The van der Waals surface area contributed by atoms with Gasteiger partial charge in [0.15, 0.2) is 0 Å². The van der Waals surface area contributed by atoms with E-state index in [2.05, 4.69) is 0 Å². The third kappa shape index (κ3) is 8.63. The minimum absolute atomic E-state index is 0. The lowest BCUT2D eigenvalue weighted by molar-refractivity contribution is 0.0953. The number of hydrogen-bond acceptors (Lipinski definition) is 2. The summed E-state index contributed by atoms with van der Waals surface area (Å²) in [5.74, 6) is 4.64. The van der Waals surface area contributed by atoms with E-state index in [-0.39, 0.29) is 29.4 Å². The quantitative estimate of drug-likeness (QED) is 0.331. The highest BCUT2D eigenvalue weighted by Crippen LogP contribution is 1.95. The van der Waals surface area contributed by atoms with Crippen molar-refractivity contribution in [2.24, 2.45) is 5.84 Å². The van der Waals surface area contributed by atoms with Crippen LogP contribution in [0.2, 0.25) is 0 Å². The van der Waals surface area contributed by atoms with Gasteiger partial charge in [0.05, 0.1) is 0 Å². The second kappa shape index (κ2) is 14.8. The van der Waals surface area contributed by atoms with E-state index in [0.717, 1.165) is 0 Å². The maximum Gasteiger partial charge on any atom is 0.265 e. The summed E-state index contributed by atoms with van der Waals surface area (Å²) in [6.45, 7) is 0. The molecule has 0 aliphatic carbocycles. The lowest BCUT2D eigenvalue weighted by Crippen LogP contribution is -2.29. The zero-order valence-electron chi connectivity index (χ0n) is 7.41. The molecular weight excluding hydrogens is 223 g/mol. The molecule has 0 saturated carbocycles. The SMILES string of the molecule is F.F.F.F.F.NNC(=O)c1ccccc1. The first-order valence-electron chi connectivity index (χ1n) is 2.90. The average Bonchev–Trinajstić information content (AvgIpc) is 2.05. The molecule has 1 aromatic carbocycles. The van der Waals surface area contributed by atoms with E-state index in [0.29, 0.717) is 5.56 Å². The lowest BCUT2D eigenvalue weighted by atomic mass is 10.2. The van der Waals surface area contributed by atoms with Crippen LogP contribution in [0.25, 0.3) is 0 Å². The maximum absolute atomic E-state index is 10.8. The van der Waals surface area contributed by atoms with Gasteiger partial charge in [0, 0.05) is 5.56 Å². The standard InChI is InChI=1S/C7H8N2O.5FH/c8-9-7(10)6-4-2-1-3-5-6;;;;;/h1-5H,8H2,(H,9,10);5*1H. The number of carbonyl (C=O) groups excluding carboxylic acids is 1. The first-order chi connectivity index (χ1) is 4.84. The predicted octanol–water partition coefficient (Wildman–Crippen LogP) is 1.05. The fraction of sp³-hybridized carbons (Fsp3) is 0. The first-order valence-corrected chi connectivity index (χ1v) is 2.90. The summed E-state index contributed by atoms with van der Waals surface area (Å²) in [7, 11) is 0. The molecule has 0 aliphatic heterocycles. The third-order valence-corrected chi connectivity index (χ3v) is 1.17. The van der Waals surface area contributed by atoms with Gasteiger partial charge in [-0.05, 0) is 12.1 Å². The number of rotatable bonds is 1. The van der Waals surface area contributed by atoms with Gasteiger partial charge < -0.3 is 0 Å². The molecule has 3 nitrogen and oxygen atoms in total. The molecule has 0 fully saturated rings. The van der Waals surface area contributed by atoms with Crippen molar-refractivity contribution in [3.63, 3.8) is 0 Å². The monoisotopic (exact) mass is 236 g/mol. The van der Waals surface area contributed by atoms with Crippen LogP contribution in [0.15, 0.2) is 30.3 Å². The van der Waals surface area contributed by atoms with E-state index in [1.54, 1.807) is 24.3 Å². The molecule has 0 saturated heterocycles. The Labute approximate surface area is 82.5 Å². The van der Waals surface area contributed by atoms with Gasteiger partial charge in [0.25, 0.3) is 5.91 Å². The van der Waals surface area contributed by atoms with E-state index in [1.165, 1.54) is 0 Å². The van der Waals surface area contributed by atoms with Gasteiger partial charge in [0.1, 0.15) is 0 Å². The number of hydrogen-bond donors (Lipinski definition) is 2. The second-order valence-electron chi connectivity index (χ2n) is 1.84. The van der Waals surface area contributed by atoms with Crippen LogP contribution >= 0.6 is 0 Å². The molecule has 0 atom stereocenters. The van der Waals surface area contributed by atoms with Gasteiger partial charge in [-0.1, -0.05) is 18.2 Å². The van der Waals surface area contributed by atoms with Crippen LogP contribution in [0.3, 0.4) is 0 Å². The minimum atomic E-state index is -0.263. The molecule has 0 bridgehead atoms.